The summed E-state index contributed by atoms with van der Waals surface area (Å²) in [5.41, 5.74) is 0.300. The minimum absolute atomic E-state index is 0.00536. The predicted octanol–water partition coefficient (Wildman–Crippen LogP) is 5.94. The number of aromatic nitrogens is 1. The van der Waals surface area contributed by atoms with Crippen molar-refractivity contribution >= 4 is 37.9 Å². The van der Waals surface area contributed by atoms with Gasteiger partial charge in [-0.3, -0.25) is 14.4 Å². The fourth-order valence-corrected chi connectivity index (χ4v) is 6.68. The van der Waals surface area contributed by atoms with Gasteiger partial charge in [0.05, 0.1) is 18.7 Å². The largest absolute Gasteiger partial charge is 0.486 e. The molecule has 0 fully saturated rings. The van der Waals surface area contributed by atoms with E-state index in [0.717, 1.165) is 23.8 Å². The van der Waals surface area contributed by atoms with Crippen LogP contribution in [-0.4, -0.2) is 89.9 Å². The smallest absolute Gasteiger partial charge is 0.407 e. The predicted molar refractivity (Wildman–Crippen MR) is 198 cm³/mol. The summed E-state index contributed by atoms with van der Waals surface area (Å²) >= 11 is 0. The molecule has 1 heterocycles. The molecule has 15 heteroatoms. The van der Waals surface area contributed by atoms with Gasteiger partial charge in [-0.2, -0.15) is 0 Å². The van der Waals surface area contributed by atoms with Gasteiger partial charge in [-0.15, -0.1) is 0 Å². The molecule has 0 aliphatic rings. The standard InChI is InChI=1S/C38H50F2N4O8Si/c1-38(2,3)35(32-20-27(30-21-28(39)13-14-31(30)40)24-43(32)23-26-10-7-6-8-11-26)44(34(48)25-46)16-15-29(22-41-33(47)12-9-17-45)42-36(49)52-18-19-53(4,5)37(50)51/h6-8,10-11,13-14,17,20-21,24,29,35,46H,9,12,15-16,18-19,22-23,25H2,1-5H3,(H,41,47)(H,42,49)(H,50,51)/t29-,35-/m0/s1. The summed E-state index contributed by atoms with van der Waals surface area (Å²) in [4.78, 5) is 62.7. The van der Waals surface area contributed by atoms with Crippen molar-refractivity contribution in [3.8, 4) is 11.1 Å². The molecule has 0 radical (unpaired) electrons. The lowest BCUT2D eigenvalue weighted by Gasteiger charge is -2.41. The van der Waals surface area contributed by atoms with E-state index in [1.165, 1.54) is 4.90 Å². The molecule has 0 aliphatic heterocycles. The van der Waals surface area contributed by atoms with Crippen molar-refractivity contribution < 1.29 is 47.7 Å². The second-order valence-corrected chi connectivity index (χ2v) is 19.3. The molecular formula is C38H50F2N4O8Si. The molecule has 2 atom stereocenters. The zero-order valence-corrected chi connectivity index (χ0v) is 31.9. The Balaban J connectivity index is 2.00. The number of ether oxygens (including phenoxy) is 1. The molecule has 3 rings (SSSR count). The Morgan fingerprint density at radius 2 is 1.75 bits per heavy atom. The SMILES string of the molecule is CC(C)(C)[C@H](c1cc(-c2cc(F)ccc2F)cn1Cc1ccccc1)N(CC[C@@H](CNC(=O)CCC=O)NC(=O)OCC[Si](C)(C)C(=O)O)C(=O)CO. The molecule has 0 unspecified atom stereocenters. The number of halogens is 2. The molecule has 288 valence electrons. The van der Waals surface area contributed by atoms with Gasteiger partial charge >= 0.3 is 6.09 Å². The maximum absolute atomic E-state index is 15.1. The maximum Gasteiger partial charge on any atom is 0.407 e. The van der Waals surface area contributed by atoms with Gasteiger partial charge in [0.2, 0.25) is 11.8 Å². The number of amides is 3. The molecule has 12 nitrogen and oxygen atoms in total. The summed E-state index contributed by atoms with van der Waals surface area (Å²) in [5.74, 6) is -2.31. The summed E-state index contributed by atoms with van der Waals surface area (Å²) in [6.07, 6.45) is 1.47. The molecule has 0 saturated heterocycles. The van der Waals surface area contributed by atoms with Gasteiger partial charge in [-0.25, -0.2) is 13.6 Å². The number of rotatable bonds is 19. The number of aliphatic hydroxyl groups is 1. The Morgan fingerprint density at radius 1 is 1.06 bits per heavy atom. The molecule has 3 aromatic rings. The van der Waals surface area contributed by atoms with Gasteiger partial charge in [-0.05, 0) is 47.7 Å². The number of carbonyl (C=O) groups is 5. The summed E-state index contributed by atoms with van der Waals surface area (Å²) in [6.45, 7) is 8.21. The van der Waals surface area contributed by atoms with Crippen molar-refractivity contribution in [1.82, 2.24) is 20.1 Å². The van der Waals surface area contributed by atoms with E-state index in [1.54, 1.807) is 25.4 Å². The van der Waals surface area contributed by atoms with E-state index in [-0.39, 0.29) is 50.6 Å². The van der Waals surface area contributed by atoms with E-state index >= 15 is 4.39 Å². The lowest BCUT2D eigenvalue weighted by molar-refractivity contribution is -0.139. The number of hydrogen-bond donors (Lipinski definition) is 4. The maximum atomic E-state index is 15.1. The third-order valence-corrected chi connectivity index (χ3v) is 11.5. The number of aldehydes is 1. The van der Waals surface area contributed by atoms with Crippen LogP contribution in [0.4, 0.5) is 18.4 Å². The number of carboxylic acid groups (broad SMARTS) is 1. The van der Waals surface area contributed by atoms with Crippen LogP contribution in [0.3, 0.4) is 0 Å². The highest BCUT2D eigenvalue weighted by Crippen LogP contribution is 2.41. The van der Waals surface area contributed by atoms with Crippen molar-refractivity contribution in [3.05, 3.63) is 83.7 Å². The number of nitrogens with one attached hydrogen (secondary N) is 2. The Bertz CT molecular complexity index is 1730. The van der Waals surface area contributed by atoms with Crippen LogP contribution < -0.4 is 10.6 Å². The zero-order chi connectivity index (χ0) is 39.3. The molecular weight excluding hydrogens is 707 g/mol. The summed E-state index contributed by atoms with van der Waals surface area (Å²) in [5, 5.41) is 25.0. The first-order chi connectivity index (χ1) is 25.0. The third kappa shape index (κ3) is 12.6. The quantitative estimate of drug-likeness (QED) is 0.0862. The van der Waals surface area contributed by atoms with Crippen LogP contribution in [0.5, 0.6) is 0 Å². The Morgan fingerprint density at radius 3 is 2.38 bits per heavy atom. The third-order valence-electron chi connectivity index (χ3n) is 8.85. The molecule has 53 heavy (non-hydrogen) atoms. The Hall–Kier alpha value is -4.89. The van der Waals surface area contributed by atoms with E-state index in [0.29, 0.717) is 24.1 Å². The van der Waals surface area contributed by atoms with Gasteiger partial charge in [-0.1, -0.05) is 64.2 Å². The Labute approximate surface area is 309 Å². The van der Waals surface area contributed by atoms with Crippen molar-refractivity contribution in [2.24, 2.45) is 5.41 Å². The average Bonchev–Trinajstić information content (AvgIpc) is 3.50. The van der Waals surface area contributed by atoms with Crippen molar-refractivity contribution in [2.75, 3.05) is 26.3 Å². The highest BCUT2D eigenvalue weighted by molar-refractivity contribution is 7.02. The van der Waals surface area contributed by atoms with Gasteiger partial charge in [0.1, 0.15) is 24.5 Å². The lowest BCUT2D eigenvalue weighted by Crippen LogP contribution is -2.49. The van der Waals surface area contributed by atoms with Crippen molar-refractivity contribution in [1.29, 1.82) is 0 Å². The van der Waals surface area contributed by atoms with Crippen molar-refractivity contribution in [2.45, 2.75) is 77.8 Å². The van der Waals surface area contributed by atoms with E-state index in [9.17, 15) is 38.6 Å². The molecule has 3 amide bonds. The van der Waals surface area contributed by atoms with Gasteiger partial charge in [0, 0.05) is 55.5 Å². The second-order valence-electron chi connectivity index (χ2n) is 14.6. The number of aliphatic hydroxyl groups excluding tert-OH is 1. The first kappa shape index (κ1) is 42.5. The molecule has 0 saturated carbocycles. The topological polar surface area (TPSA) is 167 Å². The molecule has 2 aromatic carbocycles. The monoisotopic (exact) mass is 756 g/mol. The highest BCUT2D eigenvalue weighted by atomic mass is 28.3. The number of benzene rings is 2. The molecule has 0 aliphatic carbocycles. The normalized spacial score (nSPS) is 12.8. The van der Waals surface area contributed by atoms with E-state index in [1.807, 2.05) is 55.7 Å². The van der Waals surface area contributed by atoms with Gasteiger partial charge in [0.25, 0.3) is 5.59 Å². The van der Waals surface area contributed by atoms with Crippen LogP contribution in [0.15, 0.2) is 60.8 Å². The van der Waals surface area contributed by atoms with Crippen LogP contribution in [0.25, 0.3) is 11.1 Å². The number of nitrogens with zero attached hydrogens (tertiary/aromatic N) is 2. The molecule has 0 spiro atoms. The van der Waals surface area contributed by atoms with Gasteiger partial charge < -0.3 is 39.8 Å². The average molecular weight is 757 g/mol. The number of alkyl carbamates (subject to hydrolysis) is 1. The van der Waals surface area contributed by atoms with E-state index < -0.39 is 67.3 Å². The molecule has 4 N–H and O–H groups in total. The highest BCUT2D eigenvalue weighted by Gasteiger charge is 2.37. The molecule has 1 aromatic heterocycles. The summed E-state index contributed by atoms with van der Waals surface area (Å²) in [7, 11) is -2.68. The first-order valence-electron chi connectivity index (χ1n) is 17.4. The van der Waals surface area contributed by atoms with Crippen LogP contribution in [0, 0.1) is 17.0 Å². The fourth-order valence-electron chi connectivity index (χ4n) is 5.85. The first-order valence-corrected chi connectivity index (χ1v) is 20.6. The molecule has 0 bridgehead atoms. The van der Waals surface area contributed by atoms with E-state index in [2.05, 4.69) is 10.6 Å². The minimum Gasteiger partial charge on any atom is -0.486 e. The summed E-state index contributed by atoms with van der Waals surface area (Å²) in [6, 6.07) is 13.0. The second kappa shape index (κ2) is 19.3. The van der Waals surface area contributed by atoms with Crippen LogP contribution in [-0.2, 0) is 25.7 Å². The van der Waals surface area contributed by atoms with Crippen LogP contribution in [0.2, 0.25) is 19.1 Å². The Kier molecular flexibility index (Phi) is 15.5. The zero-order valence-electron chi connectivity index (χ0n) is 30.9. The fraction of sp³-hybridized carbons (Fsp3) is 0.447. The lowest BCUT2D eigenvalue weighted by atomic mass is 9.82. The van der Waals surface area contributed by atoms with Gasteiger partial charge in [0.15, 0.2) is 8.07 Å². The van der Waals surface area contributed by atoms with Crippen LogP contribution >= 0.6 is 0 Å². The number of carbonyl (C=O) groups excluding carboxylic acids is 4. The number of hydrogen-bond acceptors (Lipinski definition) is 7. The van der Waals surface area contributed by atoms with Crippen LogP contribution in [0.1, 0.15) is 57.3 Å². The summed E-state index contributed by atoms with van der Waals surface area (Å²) < 4.78 is 36.6. The van der Waals surface area contributed by atoms with Crippen molar-refractivity contribution in [3.63, 3.8) is 0 Å². The van der Waals surface area contributed by atoms with E-state index in [4.69, 9.17) is 4.74 Å². The minimum atomic E-state index is -2.68.